The molecule has 0 radical (unpaired) electrons. The van der Waals surface area contributed by atoms with Crippen LogP contribution in [0.2, 0.25) is 0 Å². The van der Waals surface area contributed by atoms with Crippen LogP contribution in [0, 0.1) is 0 Å². The molecule has 0 spiro atoms. The molecule has 56 valence electrons. The van der Waals surface area contributed by atoms with Crippen molar-refractivity contribution < 1.29 is 9.90 Å². The zero-order valence-electron chi connectivity index (χ0n) is 6.14. The molecular formula is C7H11NO2. The molecule has 3 nitrogen and oxygen atoms in total. The number of amides is 1. The van der Waals surface area contributed by atoms with Gasteiger partial charge < -0.3 is 10.4 Å². The predicted molar refractivity (Wildman–Crippen MR) is 37.6 cm³/mol. The Labute approximate surface area is 59.7 Å². The van der Waals surface area contributed by atoms with Gasteiger partial charge in [0, 0.05) is 6.04 Å². The number of hydrogen-bond acceptors (Lipinski definition) is 2. The van der Waals surface area contributed by atoms with Crippen molar-refractivity contribution in [2.24, 2.45) is 0 Å². The highest BCUT2D eigenvalue weighted by Gasteiger charge is 2.20. The van der Waals surface area contributed by atoms with Gasteiger partial charge in [0.1, 0.15) is 0 Å². The van der Waals surface area contributed by atoms with Gasteiger partial charge >= 0.3 is 0 Å². The molecule has 1 unspecified atom stereocenters. The molecule has 1 rings (SSSR count). The highest BCUT2D eigenvalue weighted by atomic mass is 16.3. The minimum atomic E-state index is -0.351. The fourth-order valence-electron chi connectivity index (χ4n) is 1.09. The van der Waals surface area contributed by atoms with Gasteiger partial charge in [-0.15, -0.1) is 0 Å². The van der Waals surface area contributed by atoms with E-state index in [1.807, 2.05) is 6.92 Å². The average molecular weight is 141 g/mol. The maximum Gasteiger partial charge on any atom is 0.286 e. The Bertz CT molecular complexity index is 196. The third kappa shape index (κ3) is 1.12. The van der Waals surface area contributed by atoms with E-state index in [-0.39, 0.29) is 17.7 Å². The van der Waals surface area contributed by atoms with Crippen LogP contribution in [0.5, 0.6) is 0 Å². The van der Waals surface area contributed by atoms with Crippen molar-refractivity contribution in [3.8, 4) is 0 Å². The van der Waals surface area contributed by atoms with Crippen molar-refractivity contribution in [2.75, 3.05) is 0 Å². The van der Waals surface area contributed by atoms with Gasteiger partial charge in [0.15, 0.2) is 5.76 Å². The van der Waals surface area contributed by atoms with Crippen molar-refractivity contribution in [3.05, 3.63) is 11.3 Å². The third-order valence-corrected chi connectivity index (χ3v) is 1.61. The lowest BCUT2D eigenvalue weighted by molar-refractivity contribution is -0.121. The topological polar surface area (TPSA) is 49.3 Å². The number of rotatable bonds is 0. The summed E-state index contributed by atoms with van der Waals surface area (Å²) in [5.41, 5.74) is 0.774. The monoisotopic (exact) mass is 141 g/mol. The Balaban J connectivity index is 2.85. The molecule has 0 aromatic rings. The molecule has 1 atom stereocenters. The van der Waals surface area contributed by atoms with Crippen LogP contribution in [-0.2, 0) is 4.79 Å². The summed E-state index contributed by atoms with van der Waals surface area (Å²) in [7, 11) is 0. The van der Waals surface area contributed by atoms with E-state index < -0.39 is 0 Å². The molecule has 0 bridgehead atoms. The summed E-state index contributed by atoms with van der Waals surface area (Å²) in [5.74, 6) is -0.464. The second kappa shape index (κ2) is 2.33. The maximum atomic E-state index is 10.8. The second-order valence-corrected chi connectivity index (χ2v) is 2.71. The van der Waals surface area contributed by atoms with E-state index >= 15 is 0 Å². The molecule has 0 fully saturated rings. The molecule has 2 N–H and O–H groups in total. The quantitative estimate of drug-likeness (QED) is 0.522. The molecule has 10 heavy (non-hydrogen) atoms. The largest absolute Gasteiger partial charge is 0.503 e. The van der Waals surface area contributed by atoms with E-state index in [0.717, 1.165) is 12.0 Å². The summed E-state index contributed by atoms with van der Waals surface area (Å²) in [6.07, 6.45) is 0.748. The lowest BCUT2D eigenvalue weighted by Gasteiger charge is -2.20. The van der Waals surface area contributed by atoms with Crippen molar-refractivity contribution in [1.82, 2.24) is 5.32 Å². The van der Waals surface area contributed by atoms with E-state index in [1.54, 1.807) is 6.92 Å². The van der Waals surface area contributed by atoms with Gasteiger partial charge in [-0.25, -0.2) is 0 Å². The maximum absolute atomic E-state index is 10.8. The highest BCUT2D eigenvalue weighted by Crippen LogP contribution is 2.13. The van der Waals surface area contributed by atoms with E-state index in [2.05, 4.69) is 5.32 Å². The Morgan fingerprint density at radius 1 is 1.70 bits per heavy atom. The van der Waals surface area contributed by atoms with Crippen LogP contribution in [-0.4, -0.2) is 17.1 Å². The van der Waals surface area contributed by atoms with Crippen molar-refractivity contribution in [3.63, 3.8) is 0 Å². The fraction of sp³-hybridized carbons (Fsp3) is 0.571. The van der Waals surface area contributed by atoms with Gasteiger partial charge in [-0.3, -0.25) is 4.79 Å². The van der Waals surface area contributed by atoms with Crippen molar-refractivity contribution in [2.45, 2.75) is 26.3 Å². The molecule has 0 saturated heterocycles. The summed E-state index contributed by atoms with van der Waals surface area (Å²) in [6.45, 7) is 3.68. The van der Waals surface area contributed by atoms with Gasteiger partial charge in [0.05, 0.1) is 0 Å². The Kier molecular flexibility index (Phi) is 1.66. The number of aliphatic hydroxyl groups is 1. The molecule has 0 aliphatic carbocycles. The summed E-state index contributed by atoms with van der Waals surface area (Å²) in [6, 6.07) is 0.156. The zero-order valence-corrected chi connectivity index (χ0v) is 6.14. The predicted octanol–water partition coefficient (Wildman–Crippen LogP) is 0.727. The van der Waals surface area contributed by atoms with Crippen molar-refractivity contribution in [1.29, 1.82) is 0 Å². The molecular weight excluding hydrogens is 130 g/mol. The summed E-state index contributed by atoms with van der Waals surface area (Å²) < 4.78 is 0. The number of aliphatic hydroxyl groups excluding tert-OH is 1. The molecule has 1 aliphatic heterocycles. The van der Waals surface area contributed by atoms with E-state index in [4.69, 9.17) is 5.11 Å². The lowest BCUT2D eigenvalue weighted by atomic mass is 10.0. The normalized spacial score (nSPS) is 26.6. The Hall–Kier alpha value is -0.990. The Morgan fingerprint density at radius 2 is 2.30 bits per heavy atom. The molecule has 1 heterocycles. The molecule has 3 heteroatoms. The smallest absolute Gasteiger partial charge is 0.286 e. The number of carbonyl (C=O) groups excluding carboxylic acids is 1. The van der Waals surface area contributed by atoms with Crippen LogP contribution in [0.4, 0.5) is 0 Å². The SMILES string of the molecule is CC1=C(O)C(=O)NC(C)C1. The number of hydrogen-bond donors (Lipinski definition) is 2. The summed E-state index contributed by atoms with van der Waals surface area (Å²) in [5, 5.41) is 11.6. The van der Waals surface area contributed by atoms with Crippen LogP contribution in [0.3, 0.4) is 0 Å². The number of carbonyl (C=O) groups is 1. The summed E-state index contributed by atoms with van der Waals surface area (Å²) >= 11 is 0. The molecule has 0 aromatic carbocycles. The Morgan fingerprint density at radius 3 is 2.80 bits per heavy atom. The zero-order chi connectivity index (χ0) is 7.72. The van der Waals surface area contributed by atoms with Gasteiger partial charge in [0.25, 0.3) is 5.91 Å². The van der Waals surface area contributed by atoms with Crippen LogP contribution < -0.4 is 5.32 Å². The second-order valence-electron chi connectivity index (χ2n) is 2.71. The van der Waals surface area contributed by atoms with Gasteiger partial charge in [-0.05, 0) is 25.8 Å². The van der Waals surface area contributed by atoms with Crippen LogP contribution in [0.25, 0.3) is 0 Å². The van der Waals surface area contributed by atoms with Gasteiger partial charge in [0.2, 0.25) is 0 Å². The molecule has 1 aliphatic rings. The highest BCUT2D eigenvalue weighted by molar-refractivity contribution is 5.92. The van der Waals surface area contributed by atoms with E-state index in [0.29, 0.717) is 0 Å². The van der Waals surface area contributed by atoms with Gasteiger partial charge in [-0.2, -0.15) is 0 Å². The van der Waals surface area contributed by atoms with Crippen LogP contribution in [0.15, 0.2) is 11.3 Å². The standard InChI is InChI=1S/C7H11NO2/c1-4-3-5(2)8-7(10)6(4)9/h5,9H,3H2,1-2H3,(H,8,10). The van der Waals surface area contributed by atoms with Gasteiger partial charge in [-0.1, -0.05) is 0 Å². The first-order chi connectivity index (χ1) is 4.61. The minimum absolute atomic E-state index is 0.113. The summed E-state index contributed by atoms with van der Waals surface area (Å²) in [4.78, 5) is 10.8. The molecule has 1 amide bonds. The fourth-order valence-corrected chi connectivity index (χ4v) is 1.09. The first kappa shape index (κ1) is 7.12. The molecule has 0 aromatic heterocycles. The average Bonchev–Trinajstić information content (AvgIpc) is 1.82. The minimum Gasteiger partial charge on any atom is -0.503 e. The van der Waals surface area contributed by atoms with E-state index in [1.165, 1.54) is 0 Å². The van der Waals surface area contributed by atoms with Crippen LogP contribution >= 0.6 is 0 Å². The first-order valence-electron chi connectivity index (χ1n) is 3.31. The van der Waals surface area contributed by atoms with E-state index in [9.17, 15) is 4.79 Å². The number of nitrogens with one attached hydrogen (secondary N) is 1. The molecule has 0 saturated carbocycles. The van der Waals surface area contributed by atoms with Crippen LogP contribution in [0.1, 0.15) is 20.3 Å². The third-order valence-electron chi connectivity index (χ3n) is 1.61. The first-order valence-corrected chi connectivity index (χ1v) is 3.31. The lowest BCUT2D eigenvalue weighted by Crippen LogP contribution is -2.38. The van der Waals surface area contributed by atoms with Crippen molar-refractivity contribution >= 4 is 5.91 Å².